The van der Waals surface area contributed by atoms with Crippen LogP contribution in [0.3, 0.4) is 0 Å². The van der Waals surface area contributed by atoms with Crippen LogP contribution in [-0.2, 0) is 0 Å². The van der Waals surface area contributed by atoms with Crippen LogP contribution >= 0.6 is 0 Å². The molecule has 1 unspecified atom stereocenters. The van der Waals surface area contributed by atoms with E-state index in [-0.39, 0.29) is 0 Å². The zero-order valence-electron chi connectivity index (χ0n) is 14.2. The Morgan fingerprint density at radius 2 is 1.81 bits per heavy atom. The minimum atomic E-state index is 0.506. The van der Waals surface area contributed by atoms with Gasteiger partial charge in [0.05, 0.1) is 0 Å². The van der Waals surface area contributed by atoms with Gasteiger partial charge in [-0.25, -0.2) is 0 Å². The summed E-state index contributed by atoms with van der Waals surface area (Å²) in [6.45, 7) is 10.6. The van der Waals surface area contributed by atoms with Crippen molar-refractivity contribution in [2.24, 2.45) is 5.92 Å². The Hall–Kier alpha value is -1.02. The number of rotatable bonds is 7. The van der Waals surface area contributed by atoms with Gasteiger partial charge in [0.15, 0.2) is 0 Å². The molecule has 1 atom stereocenters. The third-order valence-corrected chi connectivity index (χ3v) is 4.91. The van der Waals surface area contributed by atoms with E-state index in [4.69, 9.17) is 4.74 Å². The largest absolute Gasteiger partial charge is 0.491 e. The molecule has 1 aliphatic rings. The van der Waals surface area contributed by atoms with Crippen LogP contribution in [0, 0.1) is 26.7 Å². The van der Waals surface area contributed by atoms with Gasteiger partial charge in [-0.1, -0.05) is 31.9 Å². The van der Waals surface area contributed by atoms with Gasteiger partial charge >= 0.3 is 0 Å². The Kier molecular flexibility index (Phi) is 6.10. The fourth-order valence-corrected chi connectivity index (χ4v) is 3.37. The predicted molar refractivity (Wildman–Crippen MR) is 90.2 cm³/mol. The van der Waals surface area contributed by atoms with Crippen LogP contribution in [0.25, 0.3) is 0 Å². The van der Waals surface area contributed by atoms with Crippen molar-refractivity contribution in [3.8, 4) is 5.75 Å². The van der Waals surface area contributed by atoms with Crippen LogP contribution in [0.2, 0.25) is 0 Å². The average Bonchev–Trinajstić information content (AvgIpc) is 3.00. The molecule has 1 N–H and O–H groups in total. The molecule has 0 bridgehead atoms. The smallest absolute Gasteiger partial charge is 0.125 e. The van der Waals surface area contributed by atoms with E-state index in [1.54, 1.807) is 0 Å². The molecule has 0 radical (unpaired) electrons. The summed E-state index contributed by atoms with van der Waals surface area (Å²) >= 11 is 0. The van der Waals surface area contributed by atoms with Crippen molar-refractivity contribution in [3.63, 3.8) is 0 Å². The molecule has 2 nitrogen and oxygen atoms in total. The maximum Gasteiger partial charge on any atom is 0.125 e. The van der Waals surface area contributed by atoms with Crippen molar-refractivity contribution in [1.29, 1.82) is 0 Å². The van der Waals surface area contributed by atoms with E-state index in [2.05, 4.69) is 45.1 Å². The van der Waals surface area contributed by atoms with Gasteiger partial charge in [-0.3, -0.25) is 0 Å². The van der Waals surface area contributed by atoms with Crippen LogP contribution in [0.1, 0.15) is 55.7 Å². The van der Waals surface area contributed by atoms with E-state index >= 15 is 0 Å². The van der Waals surface area contributed by atoms with Crippen molar-refractivity contribution in [2.45, 2.75) is 65.8 Å². The SMILES string of the molecule is CCCNC(COc1c(C)ccc(C)c1C)C1CCCC1. The van der Waals surface area contributed by atoms with Gasteiger partial charge in [-0.2, -0.15) is 0 Å². The van der Waals surface area contributed by atoms with Crippen molar-refractivity contribution >= 4 is 0 Å². The molecule has 0 spiro atoms. The molecule has 118 valence electrons. The number of ether oxygens (including phenoxy) is 1. The lowest BCUT2D eigenvalue weighted by atomic mass is 9.98. The summed E-state index contributed by atoms with van der Waals surface area (Å²) < 4.78 is 6.26. The van der Waals surface area contributed by atoms with Crippen LogP contribution < -0.4 is 10.1 Å². The third-order valence-electron chi connectivity index (χ3n) is 4.91. The van der Waals surface area contributed by atoms with E-state index in [9.17, 15) is 0 Å². The minimum absolute atomic E-state index is 0.506. The first kappa shape index (κ1) is 16.4. The van der Waals surface area contributed by atoms with Crippen molar-refractivity contribution in [1.82, 2.24) is 5.32 Å². The number of nitrogens with one attached hydrogen (secondary N) is 1. The van der Waals surface area contributed by atoms with E-state index in [0.29, 0.717) is 6.04 Å². The van der Waals surface area contributed by atoms with E-state index in [1.165, 1.54) is 48.8 Å². The second-order valence-corrected chi connectivity index (χ2v) is 6.57. The molecule has 1 fully saturated rings. The van der Waals surface area contributed by atoms with Crippen molar-refractivity contribution in [3.05, 3.63) is 28.8 Å². The maximum absolute atomic E-state index is 6.26. The predicted octanol–water partition coefficient (Wildman–Crippen LogP) is 4.55. The first-order valence-corrected chi connectivity index (χ1v) is 8.56. The highest BCUT2D eigenvalue weighted by molar-refractivity contribution is 5.44. The Morgan fingerprint density at radius 3 is 2.48 bits per heavy atom. The normalized spacial score (nSPS) is 17.1. The Morgan fingerprint density at radius 1 is 1.14 bits per heavy atom. The highest BCUT2D eigenvalue weighted by Gasteiger charge is 2.25. The minimum Gasteiger partial charge on any atom is -0.491 e. The fraction of sp³-hybridized carbons (Fsp3) is 0.684. The molecule has 0 amide bonds. The van der Waals surface area contributed by atoms with Crippen molar-refractivity contribution in [2.75, 3.05) is 13.2 Å². The topological polar surface area (TPSA) is 21.3 Å². The highest BCUT2D eigenvalue weighted by Crippen LogP contribution is 2.30. The standard InChI is InChI=1S/C19H31NO/c1-5-12-20-18(17-8-6-7-9-17)13-21-19-15(3)11-10-14(2)16(19)4/h10-11,17-18,20H,5-9,12-13H2,1-4H3. The number of hydrogen-bond donors (Lipinski definition) is 1. The fourth-order valence-electron chi connectivity index (χ4n) is 3.37. The van der Waals surface area contributed by atoms with Gasteiger partial charge in [0.25, 0.3) is 0 Å². The van der Waals surface area contributed by atoms with Crippen LogP contribution in [0.5, 0.6) is 5.75 Å². The lowest BCUT2D eigenvalue weighted by Gasteiger charge is -2.26. The molecule has 21 heavy (non-hydrogen) atoms. The second kappa shape index (κ2) is 7.84. The lowest BCUT2D eigenvalue weighted by Crippen LogP contribution is -2.40. The van der Waals surface area contributed by atoms with Crippen LogP contribution in [0.15, 0.2) is 12.1 Å². The highest BCUT2D eigenvalue weighted by atomic mass is 16.5. The Bertz CT molecular complexity index is 449. The Labute approximate surface area is 130 Å². The summed E-state index contributed by atoms with van der Waals surface area (Å²) in [5.41, 5.74) is 3.85. The molecule has 2 heteroatoms. The molecule has 1 aromatic carbocycles. The second-order valence-electron chi connectivity index (χ2n) is 6.57. The average molecular weight is 289 g/mol. The Balaban J connectivity index is 2.02. The summed E-state index contributed by atoms with van der Waals surface area (Å²) in [6, 6.07) is 4.86. The molecule has 0 aliphatic heterocycles. The summed E-state index contributed by atoms with van der Waals surface area (Å²) in [5, 5.41) is 3.71. The van der Waals surface area contributed by atoms with Gasteiger partial charge in [-0.05, 0) is 69.2 Å². The van der Waals surface area contributed by atoms with Crippen LogP contribution in [-0.4, -0.2) is 19.2 Å². The van der Waals surface area contributed by atoms with Gasteiger partial charge in [0.1, 0.15) is 12.4 Å². The molecular formula is C19H31NO. The maximum atomic E-state index is 6.26. The number of aryl methyl sites for hydroxylation is 2. The van der Waals surface area contributed by atoms with E-state index in [0.717, 1.165) is 24.8 Å². The molecule has 2 rings (SSSR count). The van der Waals surface area contributed by atoms with E-state index < -0.39 is 0 Å². The summed E-state index contributed by atoms with van der Waals surface area (Å²) in [7, 11) is 0. The summed E-state index contributed by atoms with van der Waals surface area (Å²) in [5.74, 6) is 1.89. The first-order valence-electron chi connectivity index (χ1n) is 8.56. The molecule has 1 aromatic rings. The summed E-state index contributed by atoms with van der Waals surface area (Å²) in [4.78, 5) is 0. The van der Waals surface area contributed by atoms with Gasteiger partial charge in [0.2, 0.25) is 0 Å². The molecule has 0 saturated heterocycles. The molecule has 0 aromatic heterocycles. The van der Waals surface area contributed by atoms with Crippen LogP contribution in [0.4, 0.5) is 0 Å². The zero-order valence-corrected chi connectivity index (χ0v) is 14.2. The molecule has 1 saturated carbocycles. The number of benzene rings is 1. The van der Waals surface area contributed by atoms with Gasteiger partial charge < -0.3 is 10.1 Å². The molecule has 0 heterocycles. The monoisotopic (exact) mass is 289 g/mol. The lowest BCUT2D eigenvalue weighted by molar-refractivity contribution is 0.215. The zero-order chi connectivity index (χ0) is 15.2. The summed E-state index contributed by atoms with van der Waals surface area (Å²) in [6.07, 6.45) is 6.67. The first-order chi connectivity index (χ1) is 10.1. The molecular weight excluding hydrogens is 258 g/mol. The quantitative estimate of drug-likeness (QED) is 0.795. The third kappa shape index (κ3) is 4.23. The molecule has 1 aliphatic carbocycles. The van der Waals surface area contributed by atoms with Gasteiger partial charge in [-0.15, -0.1) is 0 Å². The number of hydrogen-bond acceptors (Lipinski definition) is 2. The van der Waals surface area contributed by atoms with E-state index in [1.807, 2.05) is 0 Å². The van der Waals surface area contributed by atoms with Crippen molar-refractivity contribution < 1.29 is 4.74 Å². The van der Waals surface area contributed by atoms with Gasteiger partial charge in [0, 0.05) is 6.04 Å².